The summed E-state index contributed by atoms with van der Waals surface area (Å²) in [6.45, 7) is 10.5. The molecule has 7 rings (SSSR count). The number of aromatic nitrogens is 1. The number of halogens is 3. The van der Waals surface area contributed by atoms with Gasteiger partial charge in [-0.3, -0.25) is 24.3 Å². The number of hydrogen-bond donors (Lipinski definition) is 2. The summed E-state index contributed by atoms with van der Waals surface area (Å²) in [5.41, 5.74) is 9.58. The zero-order chi connectivity index (χ0) is 39.2. The van der Waals surface area contributed by atoms with E-state index in [0.29, 0.717) is 24.3 Å². The summed E-state index contributed by atoms with van der Waals surface area (Å²) in [5, 5.41) is 2.53. The van der Waals surface area contributed by atoms with Gasteiger partial charge in [0.1, 0.15) is 11.9 Å². The van der Waals surface area contributed by atoms with Gasteiger partial charge in [0.15, 0.2) is 17.4 Å². The van der Waals surface area contributed by atoms with Crippen molar-refractivity contribution in [2.45, 2.75) is 51.7 Å². The van der Waals surface area contributed by atoms with Crippen LogP contribution in [-0.2, 0) is 13.0 Å². The van der Waals surface area contributed by atoms with E-state index in [9.17, 15) is 18.4 Å². The number of nitrogen functional groups attached to an aromatic ring is 1. The van der Waals surface area contributed by atoms with Crippen LogP contribution < -0.4 is 15.8 Å². The van der Waals surface area contributed by atoms with Crippen molar-refractivity contribution in [3.8, 4) is 5.75 Å². The molecule has 56 heavy (non-hydrogen) atoms. The van der Waals surface area contributed by atoms with Crippen molar-refractivity contribution in [2.75, 3.05) is 70.1 Å². The molecule has 3 heterocycles. The number of carbonyl (C=O) groups is 2. The lowest BCUT2D eigenvalue weighted by Crippen LogP contribution is -2.54. The molecule has 0 bridgehead atoms. The molecule has 1 aromatic heterocycles. The highest BCUT2D eigenvalue weighted by Crippen LogP contribution is 2.32. The lowest BCUT2D eigenvalue weighted by molar-refractivity contribution is 0.0373. The zero-order valence-corrected chi connectivity index (χ0v) is 32.6. The Morgan fingerprint density at radius 1 is 0.857 bits per heavy atom. The number of pyridine rings is 1. The molecule has 10 nitrogen and oxygen atoms in total. The van der Waals surface area contributed by atoms with Gasteiger partial charge in [0.05, 0.1) is 22.8 Å². The summed E-state index contributed by atoms with van der Waals surface area (Å²) in [6, 6.07) is 19.6. The Kier molecular flexibility index (Phi) is 12.8. The van der Waals surface area contributed by atoms with E-state index in [1.807, 2.05) is 4.90 Å². The van der Waals surface area contributed by atoms with Gasteiger partial charge in [0, 0.05) is 76.4 Å². The Balaban J connectivity index is 0.835. The third kappa shape index (κ3) is 9.84. The Labute approximate surface area is 332 Å². The molecule has 2 amide bonds. The molecule has 0 radical (unpaired) electrons. The standard InChI is InChI=1S/C43H50ClF2N7O3/c1-29(39-37(45)15-14-36(44)40(39)46)56-38-25-34(26-48-41(38)47)42(54)49-35-12-10-33(11-13-35)43(55)53-22-20-52(21-23-53)28-51-18-16-50(17-19-51)27-32-8-6-31(7-9-32)24-30-4-2-3-5-30/h6-15,25-26,29-30H,2-5,16-24,27-28H2,1H3,(H2,47,48)(H,49,54)/t29-/m1/s1. The topological polar surface area (TPSA) is 107 Å². The van der Waals surface area contributed by atoms with Gasteiger partial charge in [0.25, 0.3) is 11.8 Å². The van der Waals surface area contributed by atoms with Crippen molar-refractivity contribution < 1.29 is 23.1 Å². The van der Waals surface area contributed by atoms with Crippen LogP contribution in [-0.4, -0.2) is 95.4 Å². The number of rotatable bonds is 12. The molecule has 2 aliphatic heterocycles. The Morgan fingerprint density at radius 2 is 1.48 bits per heavy atom. The van der Waals surface area contributed by atoms with Gasteiger partial charge in [-0.25, -0.2) is 13.8 Å². The molecule has 3 N–H and O–H groups in total. The van der Waals surface area contributed by atoms with Crippen LogP contribution in [0.25, 0.3) is 0 Å². The van der Waals surface area contributed by atoms with Crippen molar-refractivity contribution in [1.29, 1.82) is 0 Å². The maximum Gasteiger partial charge on any atom is 0.257 e. The van der Waals surface area contributed by atoms with Gasteiger partial charge in [-0.2, -0.15) is 0 Å². The third-order valence-corrected chi connectivity index (χ3v) is 11.6. The molecule has 2 saturated heterocycles. The van der Waals surface area contributed by atoms with Gasteiger partial charge in [-0.15, -0.1) is 0 Å². The first-order valence-corrected chi connectivity index (χ1v) is 20.0. The van der Waals surface area contributed by atoms with Gasteiger partial charge < -0.3 is 20.7 Å². The molecule has 3 aliphatic rings. The maximum atomic E-state index is 14.6. The van der Waals surface area contributed by atoms with Crippen LogP contribution in [0, 0.1) is 17.6 Å². The van der Waals surface area contributed by atoms with E-state index >= 15 is 0 Å². The minimum absolute atomic E-state index is 0.0197. The molecule has 0 unspecified atom stereocenters. The minimum Gasteiger partial charge on any atom is -0.482 e. The molecule has 13 heteroatoms. The first kappa shape index (κ1) is 39.6. The van der Waals surface area contributed by atoms with Crippen LogP contribution in [0.2, 0.25) is 5.02 Å². The second kappa shape index (κ2) is 18.1. The normalized spacial score (nSPS) is 17.9. The second-order valence-corrected chi connectivity index (χ2v) is 15.7. The zero-order valence-electron chi connectivity index (χ0n) is 31.9. The van der Waals surface area contributed by atoms with E-state index < -0.39 is 23.6 Å². The largest absolute Gasteiger partial charge is 0.482 e. The van der Waals surface area contributed by atoms with Crippen molar-refractivity contribution in [2.24, 2.45) is 5.92 Å². The SMILES string of the molecule is C[C@@H](Oc1cc(C(=O)Nc2ccc(C(=O)N3CCN(CN4CCN(Cc5ccc(CC6CCCC6)cc5)CC4)CC3)cc2)cnc1N)c1c(F)ccc(Cl)c1F. The van der Waals surface area contributed by atoms with Gasteiger partial charge in [-0.05, 0) is 72.9 Å². The summed E-state index contributed by atoms with van der Waals surface area (Å²) in [4.78, 5) is 39.9. The van der Waals surface area contributed by atoms with Crippen LogP contribution in [0.1, 0.15) is 76.1 Å². The molecule has 4 aromatic rings. The van der Waals surface area contributed by atoms with E-state index in [0.717, 1.165) is 70.5 Å². The molecule has 296 valence electrons. The van der Waals surface area contributed by atoms with Crippen molar-refractivity contribution in [3.05, 3.63) is 117 Å². The van der Waals surface area contributed by atoms with E-state index in [2.05, 4.69) is 49.3 Å². The van der Waals surface area contributed by atoms with Crippen LogP contribution in [0.3, 0.4) is 0 Å². The fourth-order valence-corrected chi connectivity index (χ4v) is 8.14. The van der Waals surface area contributed by atoms with Crippen LogP contribution >= 0.6 is 11.6 Å². The average Bonchev–Trinajstić information content (AvgIpc) is 3.72. The number of nitrogens with two attached hydrogens (primary N) is 1. The fraction of sp³-hybridized carbons (Fsp3) is 0.419. The fourth-order valence-electron chi connectivity index (χ4n) is 7.97. The predicted molar refractivity (Wildman–Crippen MR) is 215 cm³/mol. The molecule has 1 atom stereocenters. The van der Waals surface area contributed by atoms with Gasteiger partial charge in [-0.1, -0.05) is 61.5 Å². The highest BCUT2D eigenvalue weighted by Gasteiger charge is 2.26. The highest BCUT2D eigenvalue weighted by atomic mass is 35.5. The smallest absolute Gasteiger partial charge is 0.257 e. The summed E-state index contributed by atoms with van der Waals surface area (Å²) in [7, 11) is 0. The number of ether oxygens (including phenoxy) is 1. The molecule has 3 fully saturated rings. The number of nitrogens with one attached hydrogen (secondary N) is 1. The quantitative estimate of drug-likeness (QED) is 0.145. The number of amides is 2. The predicted octanol–water partition coefficient (Wildman–Crippen LogP) is 7.25. The van der Waals surface area contributed by atoms with Crippen LogP contribution in [0.15, 0.2) is 72.9 Å². The Hall–Kier alpha value is -4.62. The molecule has 0 spiro atoms. The van der Waals surface area contributed by atoms with Crippen molar-refractivity contribution >= 4 is 34.9 Å². The molecule has 3 aromatic carbocycles. The third-order valence-electron chi connectivity index (χ3n) is 11.3. The number of benzene rings is 3. The number of piperazine rings is 2. The lowest BCUT2D eigenvalue weighted by Gasteiger charge is -2.40. The van der Waals surface area contributed by atoms with Crippen molar-refractivity contribution in [3.63, 3.8) is 0 Å². The average molecular weight is 786 g/mol. The van der Waals surface area contributed by atoms with Gasteiger partial charge >= 0.3 is 0 Å². The molecular weight excluding hydrogens is 736 g/mol. The summed E-state index contributed by atoms with van der Waals surface area (Å²) < 4.78 is 34.7. The molecular formula is C43H50ClF2N7O3. The first-order chi connectivity index (χ1) is 27.1. The van der Waals surface area contributed by atoms with E-state index in [-0.39, 0.29) is 33.6 Å². The number of carbonyl (C=O) groups excluding carboxylic acids is 2. The Bertz CT molecular complexity index is 1980. The van der Waals surface area contributed by atoms with Crippen LogP contribution in [0.4, 0.5) is 20.3 Å². The van der Waals surface area contributed by atoms with E-state index in [1.165, 1.54) is 62.4 Å². The lowest BCUT2D eigenvalue weighted by atomic mass is 9.97. The van der Waals surface area contributed by atoms with E-state index in [4.69, 9.17) is 22.1 Å². The van der Waals surface area contributed by atoms with E-state index in [1.54, 1.807) is 24.3 Å². The summed E-state index contributed by atoms with van der Waals surface area (Å²) in [6.07, 6.45) is 6.95. The second-order valence-electron chi connectivity index (χ2n) is 15.3. The maximum absolute atomic E-state index is 14.6. The van der Waals surface area contributed by atoms with Gasteiger partial charge in [0.2, 0.25) is 0 Å². The van der Waals surface area contributed by atoms with Crippen LogP contribution in [0.5, 0.6) is 5.75 Å². The molecule has 1 saturated carbocycles. The Morgan fingerprint density at radius 3 is 2.16 bits per heavy atom. The number of hydrogen-bond acceptors (Lipinski definition) is 8. The number of anilines is 2. The van der Waals surface area contributed by atoms with Crippen molar-refractivity contribution in [1.82, 2.24) is 24.6 Å². The monoisotopic (exact) mass is 785 g/mol. The molecule has 1 aliphatic carbocycles. The summed E-state index contributed by atoms with van der Waals surface area (Å²) in [5.74, 6) is -1.52. The first-order valence-electron chi connectivity index (χ1n) is 19.6. The highest BCUT2D eigenvalue weighted by molar-refractivity contribution is 6.30. The number of nitrogens with zero attached hydrogens (tertiary/aromatic N) is 5. The summed E-state index contributed by atoms with van der Waals surface area (Å²) >= 11 is 5.83. The minimum atomic E-state index is -1.12.